The van der Waals surface area contributed by atoms with Crippen LogP contribution in [-0.4, -0.2) is 91.5 Å². The molecule has 2 fully saturated rings. The summed E-state index contributed by atoms with van der Waals surface area (Å²) in [6.07, 6.45) is -2.64. The van der Waals surface area contributed by atoms with Gasteiger partial charge in [-0.3, -0.25) is 19.4 Å². The van der Waals surface area contributed by atoms with Crippen molar-refractivity contribution in [3.63, 3.8) is 0 Å². The second-order valence-electron chi connectivity index (χ2n) is 8.57. The van der Waals surface area contributed by atoms with E-state index in [2.05, 4.69) is 27.4 Å². The standard InChI is InChI=1S/C22H31ClF3N5O2/c1-2-29-7-5-16(6-8-29)27-20(32)14-30-9-11-31(12-10-30)15-21(33)28-17-3-4-19(23)18(13-17)22(24,25)26/h3-4,13,16H,2,5-12,14-15H2,1H3,(H,27,32)(H,28,33). The van der Waals surface area contributed by atoms with E-state index in [0.717, 1.165) is 44.6 Å². The van der Waals surface area contributed by atoms with Gasteiger partial charge in [0, 0.05) is 51.0 Å². The number of anilines is 1. The Labute approximate surface area is 197 Å². The third-order valence-electron chi connectivity index (χ3n) is 6.15. The van der Waals surface area contributed by atoms with Gasteiger partial charge in [0.1, 0.15) is 0 Å². The highest BCUT2D eigenvalue weighted by molar-refractivity contribution is 6.31. The van der Waals surface area contributed by atoms with Crippen LogP contribution in [0.1, 0.15) is 25.3 Å². The molecule has 1 aromatic rings. The number of benzene rings is 1. The Morgan fingerprint density at radius 1 is 0.970 bits per heavy atom. The number of nitrogens with one attached hydrogen (secondary N) is 2. The lowest BCUT2D eigenvalue weighted by Crippen LogP contribution is -2.52. The minimum atomic E-state index is -4.59. The van der Waals surface area contributed by atoms with E-state index < -0.39 is 22.7 Å². The third-order valence-corrected chi connectivity index (χ3v) is 6.48. The Hall–Kier alpha value is -1.88. The number of rotatable bonds is 7. The number of likely N-dealkylation sites (tertiary alicyclic amines) is 1. The number of piperazine rings is 1. The lowest BCUT2D eigenvalue weighted by molar-refractivity contribution is -0.137. The van der Waals surface area contributed by atoms with Crippen LogP contribution in [-0.2, 0) is 15.8 Å². The van der Waals surface area contributed by atoms with Crippen molar-refractivity contribution in [2.24, 2.45) is 0 Å². The van der Waals surface area contributed by atoms with Gasteiger partial charge in [0.05, 0.1) is 23.7 Å². The van der Waals surface area contributed by atoms with Gasteiger partial charge in [-0.2, -0.15) is 13.2 Å². The van der Waals surface area contributed by atoms with E-state index in [4.69, 9.17) is 11.6 Å². The summed E-state index contributed by atoms with van der Waals surface area (Å²) < 4.78 is 39.0. The maximum Gasteiger partial charge on any atom is 0.417 e. The summed E-state index contributed by atoms with van der Waals surface area (Å²) in [4.78, 5) is 31.0. The van der Waals surface area contributed by atoms with E-state index in [1.165, 1.54) is 6.07 Å². The predicted molar refractivity (Wildman–Crippen MR) is 121 cm³/mol. The summed E-state index contributed by atoms with van der Waals surface area (Å²) in [5.74, 6) is -0.366. The number of carbonyl (C=O) groups is 2. The van der Waals surface area contributed by atoms with Gasteiger partial charge in [0.25, 0.3) is 0 Å². The summed E-state index contributed by atoms with van der Waals surface area (Å²) in [7, 11) is 0. The lowest BCUT2D eigenvalue weighted by Gasteiger charge is -2.35. The van der Waals surface area contributed by atoms with Crippen molar-refractivity contribution in [2.75, 3.05) is 64.2 Å². The fourth-order valence-corrected chi connectivity index (χ4v) is 4.42. The van der Waals surface area contributed by atoms with Gasteiger partial charge in [-0.05, 0) is 37.6 Å². The highest BCUT2D eigenvalue weighted by Gasteiger charge is 2.33. The fraction of sp³-hybridized carbons (Fsp3) is 0.636. The number of alkyl halides is 3. The molecule has 184 valence electrons. The van der Waals surface area contributed by atoms with E-state index in [1.807, 2.05) is 4.90 Å². The molecule has 7 nitrogen and oxygen atoms in total. The summed E-state index contributed by atoms with van der Waals surface area (Å²) >= 11 is 5.61. The molecule has 0 aromatic heterocycles. The molecule has 2 N–H and O–H groups in total. The highest BCUT2D eigenvalue weighted by atomic mass is 35.5. The first-order valence-corrected chi connectivity index (χ1v) is 11.6. The topological polar surface area (TPSA) is 67.9 Å². The molecule has 33 heavy (non-hydrogen) atoms. The van der Waals surface area contributed by atoms with E-state index in [1.54, 1.807) is 0 Å². The Morgan fingerprint density at radius 2 is 1.55 bits per heavy atom. The minimum Gasteiger partial charge on any atom is -0.352 e. The van der Waals surface area contributed by atoms with Gasteiger partial charge in [0.15, 0.2) is 0 Å². The van der Waals surface area contributed by atoms with Crippen molar-refractivity contribution in [3.05, 3.63) is 28.8 Å². The Bertz CT molecular complexity index is 823. The molecule has 11 heteroatoms. The number of amides is 2. The van der Waals surface area contributed by atoms with Crippen molar-refractivity contribution >= 4 is 29.1 Å². The van der Waals surface area contributed by atoms with Crippen molar-refractivity contribution in [3.8, 4) is 0 Å². The first kappa shape index (κ1) is 25.7. The van der Waals surface area contributed by atoms with Gasteiger partial charge in [-0.25, -0.2) is 0 Å². The second kappa shape index (κ2) is 11.5. The molecule has 0 aliphatic carbocycles. The number of halogens is 4. The molecule has 0 unspecified atom stereocenters. The zero-order valence-electron chi connectivity index (χ0n) is 18.8. The SMILES string of the molecule is CCN1CCC(NC(=O)CN2CCN(CC(=O)Nc3ccc(Cl)c(C(F)(F)F)c3)CC2)CC1. The molecular weight excluding hydrogens is 459 g/mol. The number of carbonyl (C=O) groups excluding carboxylic acids is 2. The Balaban J connectivity index is 1.38. The van der Waals surface area contributed by atoms with Crippen LogP contribution in [0.3, 0.4) is 0 Å². The van der Waals surface area contributed by atoms with Crippen LogP contribution in [0.25, 0.3) is 0 Å². The Morgan fingerprint density at radius 3 is 2.09 bits per heavy atom. The van der Waals surface area contributed by atoms with Crippen molar-refractivity contribution in [2.45, 2.75) is 32.0 Å². The molecule has 1 aromatic carbocycles. The van der Waals surface area contributed by atoms with E-state index in [-0.39, 0.29) is 24.2 Å². The van der Waals surface area contributed by atoms with E-state index in [0.29, 0.717) is 32.7 Å². The van der Waals surface area contributed by atoms with Crippen molar-refractivity contribution in [1.29, 1.82) is 0 Å². The molecule has 2 saturated heterocycles. The predicted octanol–water partition coefficient (Wildman–Crippen LogP) is 2.52. The smallest absolute Gasteiger partial charge is 0.352 e. The van der Waals surface area contributed by atoms with Crippen LogP contribution in [0.15, 0.2) is 18.2 Å². The van der Waals surface area contributed by atoms with E-state index >= 15 is 0 Å². The summed E-state index contributed by atoms with van der Waals surface area (Å²) in [5, 5.41) is 5.22. The second-order valence-corrected chi connectivity index (χ2v) is 8.98. The molecule has 0 spiro atoms. The molecule has 0 atom stereocenters. The van der Waals surface area contributed by atoms with Crippen molar-refractivity contribution in [1.82, 2.24) is 20.0 Å². The molecule has 0 bridgehead atoms. The van der Waals surface area contributed by atoms with Gasteiger partial charge in [-0.1, -0.05) is 18.5 Å². The summed E-state index contributed by atoms with van der Waals surface area (Å²) in [6, 6.07) is 3.54. The van der Waals surface area contributed by atoms with Crippen LogP contribution >= 0.6 is 11.6 Å². The molecular formula is C22H31ClF3N5O2. The molecule has 3 rings (SSSR count). The first-order valence-electron chi connectivity index (χ1n) is 11.3. The monoisotopic (exact) mass is 489 g/mol. The number of hydrogen-bond donors (Lipinski definition) is 2. The third kappa shape index (κ3) is 7.84. The summed E-state index contributed by atoms with van der Waals surface area (Å²) in [6.45, 7) is 8.10. The Kier molecular flexibility index (Phi) is 8.97. The molecule has 0 radical (unpaired) electrons. The largest absolute Gasteiger partial charge is 0.417 e. The zero-order chi connectivity index (χ0) is 24.0. The zero-order valence-corrected chi connectivity index (χ0v) is 19.5. The van der Waals surface area contributed by atoms with Crippen LogP contribution < -0.4 is 10.6 Å². The average molecular weight is 490 g/mol. The first-order chi connectivity index (χ1) is 15.6. The normalized spacial score (nSPS) is 19.4. The molecule has 2 amide bonds. The average Bonchev–Trinajstić information content (AvgIpc) is 2.76. The molecule has 2 aliphatic rings. The van der Waals surface area contributed by atoms with Crippen LogP contribution in [0, 0.1) is 0 Å². The maximum atomic E-state index is 13.0. The van der Waals surface area contributed by atoms with Gasteiger partial charge in [0.2, 0.25) is 11.8 Å². The molecule has 2 aliphatic heterocycles. The van der Waals surface area contributed by atoms with Gasteiger partial charge >= 0.3 is 6.18 Å². The molecule has 2 heterocycles. The fourth-order valence-electron chi connectivity index (χ4n) is 4.20. The maximum absolute atomic E-state index is 13.0. The van der Waals surface area contributed by atoms with Crippen molar-refractivity contribution < 1.29 is 22.8 Å². The van der Waals surface area contributed by atoms with E-state index in [9.17, 15) is 22.8 Å². The number of hydrogen-bond acceptors (Lipinski definition) is 5. The minimum absolute atomic E-state index is 0.0272. The summed E-state index contributed by atoms with van der Waals surface area (Å²) in [5.41, 5.74) is -0.929. The van der Waals surface area contributed by atoms with Crippen LogP contribution in [0.5, 0.6) is 0 Å². The number of nitrogens with zero attached hydrogens (tertiary/aromatic N) is 3. The highest BCUT2D eigenvalue weighted by Crippen LogP contribution is 2.36. The number of piperidine rings is 1. The van der Waals surface area contributed by atoms with Crippen LogP contribution in [0.4, 0.5) is 18.9 Å². The van der Waals surface area contributed by atoms with Crippen LogP contribution in [0.2, 0.25) is 5.02 Å². The lowest BCUT2D eigenvalue weighted by atomic mass is 10.1. The van der Waals surface area contributed by atoms with Gasteiger partial charge < -0.3 is 15.5 Å². The quantitative estimate of drug-likeness (QED) is 0.616. The molecule has 0 saturated carbocycles. The van der Waals surface area contributed by atoms with Gasteiger partial charge in [-0.15, -0.1) is 0 Å².